The minimum absolute atomic E-state index is 0.396. The van der Waals surface area contributed by atoms with E-state index in [1.807, 2.05) is 6.20 Å². The quantitative estimate of drug-likeness (QED) is 0.867. The van der Waals surface area contributed by atoms with Crippen molar-refractivity contribution >= 4 is 5.82 Å². The van der Waals surface area contributed by atoms with E-state index in [0.29, 0.717) is 6.10 Å². The maximum Gasteiger partial charge on any atom is 0.125 e. The van der Waals surface area contributed by atoms with Crippen LogP contribution in [0.15, 0.2) is 18.3 Å². The smallest absolute Gasteiger partial charge is 0.125 e. The van der Waals surface area contributed by atoms with Crippen molar-refractivity contribution in [2.45, 2.75) is 32.4 Å². The third-order valence-corrected chi connectivity index (χ3v) is 3.38. The molecule has 1 atom stereocenters. The van der Waals surface area contributed by atoms with E-state index in [4.69, 9.17) is 4.74 Å². The molecule has 1 aliphatic rings. The van der Waals surface area contributed by atoms with Crippen LogP contribution >= 0.6 is 0 Å². The molecular weight excluding hydrogens is 226 g/mol. The molecule has 0 aliphatic carbocycles. The Hall–Kier alpha value is -1.13. The van der Waals surface area contributed by atoms with Crippen molar-refractivity contribution in [2.24, 2.45) is 0 Å². The van der Waals surface area contributed by atoms with Crippen molar-refractivity contribution in [3.8, 4) is 0 Å². The van der Waals surface area contributed by atoms with Crippen LogP contribution in [0.1, 0.15) is 25.3 Å². The second-order valence-corrected chi connectivity index (χ2v) is 4.82. The van der Waals surface area contributed by atoms with Crippen LogP contribution in [0.25, 0.3) is 0 Å². The largest absolute Gasteiger partial charge is 0.380 e. The summed E-state index contributed by atoms with van der Waals surface area (Å²) in [5.41, 5.74) is 1.27. The number of aromatic nitrogens is 1. The molecule has 0 bridgehead atoms. The molecule has 0 spiro atoms. The third kappa shape index (κ3) is 3.68. The SMILES string of the molecule is CCNc1ccc(CN2CCCC(OC)C2)cn1. The van der Waals surface area contributed by atoms with E-state index < -0.39 is 0 Å². The van der Waals surface area contributed by atoms with E-state index in [-0.39, 0.29) is 0 Å². The van der Waals surface area contributed by atoms with Gasteiger partial charge in [0.25, 0.3) is 0 Å². The number of anilines is 1. The highest BCUT2D eigenvalue weighted by Crippen LogP contribution is 2.15. The van der Waals surface area contributed by atoms with Gasteiger partial charge in [0, 0.05) is 32.9 Å². The highest BCUT2D eigenvalue weighted by molar-refractivity contribution is 5.35. The summed E-state index contributed by atoms with van der Waals surface area (Å²) >= 11 is 0. The zero-order valence-corrected chi connectivity index (χ0v) is 11.4. The van der Waals surface area contributed by atoms with Gasteiger partial charge in [-0.05, 0) is 37.9 Å². The van der Waals surface area contributed by atoms with Crippen molar-refractivity contribution in [2.75, 3.05) is 32.1 Å². The van der Waals surface area contributed by atoms with Crippen molar-refractivity contribution < 1.29 is 4.74 Å². The fraction of sp³-hybridized carbons (Fsp3) is 0.643. The van der Waals surface area contributed by atoms with Crippen molar-refractivity contribution in [1.82, 2.24) is 9.88 Å². The molecular formula is C14H23N3O. The Morgan fingerprint density at radius 3 is 3.06 bits per heavy atom. The Morgan fingerprint density at radius 2 is 2.39 bits per heavy atom. The molecule has 4 heteroatoms. The normalized spacial score (nSPS) is 20.9. The van der Waals surface area contributed by atoms with Crippen molar-refractivity contribution in [3.63, 3.8) is 0 Å². The number of hydrogen-bond donors (Lipinski definition) is 1. The molecule has 1 fully saturated rings. The van der Waals surface area contributed by atoms with E-state index >= 15 is 0 Å². The van der Waals surface area contributed by atoms with Gasteiger partial charge in [-0.25, -0.2) is 4.98 Å². The summed E-state index contributed by atoms with van der Waals surface area (Å²) in [6, 6.07) is 4.21. The molecule has 0 saturated carbocycles. The number of hydrogen-bond acceptors (Lipinski definition) is 4. The molecule has 0 amide bonds. The van der Waals surface area contributed by atoms with Gasteiger partial charge in [0.1, 0.15) is 5.82 Å². The standard InChI is InChI=1S/C14H23N3O/c1-3-15-14-7-6-12(9-16-14)10-17-8-4-5-13(11-17)18-2/h6-7,9,13H,3-5,8,10-11H2,1-2H3,(H,15,16). The number of ether oxygens (including phenoxy) is 1. The van der Waals surface area contributed by atoms with Crippen LogP contribution in [0, 0.1) is 0 Å². The minimum Gasteiger partial charge on any atom is -0.380 e. The van der Waals surface area contributed by atoms with Gasteiger partial charge in [-0.1, -0.05) is 6.07 Å². The Balaban J connectivity index is 1.88. The molecule has 4 nitrogen and oxygen atoms in total. The summed E-state index contributed by atoms with van der Waals surface area (Å²) < 4.78 is 5.44. The summed E-state index contributed by atoms with van der Waals surface area (Å²) in [4.78, 5) is 6.85. The summed E-state index contributed by atoms with van der Waals surface area (Å²) in [6.07, 6.45) is 4.77. The monoisotopic (exact) mass is 249 g/mol. The van der Waals surface area contributed by atoms with Gasteiger partial charge in [0.15, 0.2) is 0 Å². The number of piperidine rings is 1. The minimum atomic E-state index is 0.396. The molecule has 1 saturated heterocycles. The first kappa shape index (κ1) is 13.3. The van der Waals surface area contributed by atoms with Crippen LogP contribution < -0.4 is 5.32 Å². The molecule has 0 aromatic carbocycles. The van der Waals surface area contributed by atoms with E-state index in [0.717, 1.165) is 32.0 Å². The van der Waals surface area contributed by atoms with E-state index in [9.17, 15) is 0 Å². The molecule has 1 N–H and O–H groups in total. The molecule has 2 rings (SSSR count). The van der Waals surface area contributed by atoms with Gasteiger partial charge in [-0.15, -0.1) is 0 Å². The van der Waals surface area contributed by atoms with Gasteiger partial charge in [0.2, 0.25) is 0 Å². The molecule has 1 unspecified atom stereocenters. The third-order valence-electron chi connectivity index (χ3n) is 3.38. The van der Waals surface area contributed by atoms with E-state index in [2.05, 4.69) is 34.3 Å². The summed E-state index contributed by atoms with van der Waals surface area (Å²) in [6.45, 7) is 6.15. The Labute approximate surface area is 109 Å². The van der Waals surface area contributed by atoms with Crippen LogP contribution in [-0.2, 0) is 11.3 Å². The highest BCUT2D eigenvalue weighted by Gasteiger charge is 2.19. The second-order valence-electron chi connectivity index (χ2n) is 4.82. The molecule has 1 aromatic heterocycles. The lowest BCUT2D eigenvalue weighted by Crippen LogP contribution is -2.38. The maximum absolute atomic E-state index is 5.44. The molecule has 1 aliphatic heterocycles. The first-order chi connectivity index (χ1) is 8.81. The fourth-order valence-corrected chi connectivity index (χ4v) is 2.41. The van der Waals surface area contributed by atoms with Crippen molar-refractivity contribution in [1.29, 1.82) is 0 Å². The van der Waals surface area contributed by atoms with Gasteiger partial charge >= 0.3 is 0 Å². The summed E-state index contributed by atoms with van der Waals surface area (Å²) in [5, 5.41) is 3.21. The van der Waals surface area contributed by atoms with Crippen molar-refractivity contribution in [3.05, 3.63) is 23.9 Å². The Kier molecular flexibility index (Phi) is 4.96. The van der Waals surface area contributed by atoms with Gasteiger partial charge < -0.3 is 10.1 Å². The van der Waals surface area contributed by atoms with Crippen LogP contribution in [-0.4, -0.2) is 42.7 Å². The van der Waals surface area contributed by atoms with Crippen LogP contribution in [0.5, 0.6) is 0 Å². The lowest BCUT2D eigenvalue weighted by Gasteiger charge is -2.31. The van der Waals surface area contributed by atoms with Crippen LogP contribution in [0.2, 0.25) is 0 Å². The van der Waals surface area contributed by atoms with Gasteiger partial charge in [0.05, 0.1) is 6.10 Å². The molecule has 100 valence electrons. The molecule has 18 heavy (non-hydrogen) atoms. The molecule has 2 heterocycles. The zero-order valence-electron chi connectivity index (χ0n) is 11.4. The van der Waals surface area contributed by atoms with Crippen LogP contribution in [0.4, 0.5) is 5.82 Å². The predicted octanol–water partition coefficient (Wildman–Crippen LogP) is 2.12. The van der Waals surface area contributed by atoms with Crippen LogP contribution in [0.3, 0.4) is 0 Å². The second kappa shape index (κ2) is 6.71. The first-order valence-electron chi connectivity index (χ1n) is 6.75. The van der Waals surface area contributed by atoms with E-state index in [1.54, 1.807) is 7.11 Å². The summed E-state index contributed by atoms with van der Waals surface area (Å²) in [7, 11) is 1.81. The number of methoxy groups -OCH3 is 1. The zero-order chi connectivity index (χ0) is 12.8. The number of pyridine rings is 1. The van der Waals surface area contributed by atoms with E-state index in [1.165, 1.54) is 18.4 Å². The molecule has 0 radical (unpaired) electrons. The van der Waals surface area contributed by atoms with Gasteiger partial charge in [-0.3, -0.25) is 4.90 Å². The maximum atomic E-state index is 5.44. The average Bonchev–Trinajstić information content (AvgIpc) is 2.42. The number of nitrogens with one attached hydrogen (secondary N) is 1. The number of rotatable bonds is 5. The highest BCUT2D eigenvalue weighted by atomic mass is 16.5. The fourth-order valence-electron chi connectivity index (χ4n) is 2.41. The van der Waals surface area contributed by atoms with Gasteiger partial charge in [-0.2, -0.15) is 0 Å². The number of likely N-dealkylation sites (tertiary alicyclic amines) is 1. The topological polar surface area (TPSA) is 37.4 Å². The first-order valence-corrected chi connectivity index (χ1v) is 6.75. The number of nitrogens with zero attached hydrogens (tertiary/aromatic N) is 2. The Morgan fingerprint density at radius 1 is 1.50 bits per heavy atom. The predicted molar refractivity (Wildman–Crippen MR) is 73.7 cm³/mol. The lowest BCUT2D eigenvalue weighted by atomic mass is 10.1. The average molecular weight is 249 g/mol. The summed E-state index contributed by atoms with van der Waals surface area (Å²) in [5.74, 6) is 0.953. The molecule has 1 aromatic rings. The Bertz CT molecular complexity index is 353. The lowest BCUT2D eigenvalue weighted by molar-refractivity contribution is 0.0285.